The molecule has 0 atom stereocenters. The molecule has 0 radical (unpaired) electrons. The number of aromatic nitrogens is 1. The lowest BCUT2D eigenvalue weighted by molar-refractivity contribution is 0.0525. The van der Waals surface area contributed by atoms with Crippen molar-refractivity contribution in [1.29, 1.82) is 0 Å². The molecule has 0 unspecified atom stereocenters. The Hall–Kier alpha value is -2.44. The number of anilines is 1. The Bertz CT molecular complexity index is 841. The van der Waals surface area contributed by atoms with Gasteiger partial charge in [0.2, 0.25) is 5.43 Å². The topological polar surface area (TPSA) is 74.3 Å². The van der Waals surface area contributed by atoms with E-state index in [1.165, 1.54) is 4.57 Å². The Kier molecular flexibility index (Phi) is 3.35. The van der Waals surface area contributed by atoms with E-state index in [1.807, 2.05) is 0 Å². The highest BCUT2D eigenvalue weighted by Gasteiger charge is 2.31. The number of nitrogen functional groups attached to an aromatic ring is 1. The van der Waals surface area contributed by atoms with E-state index in [2.05, 4.69) is 0 Å². The Balaban J connectivity index is 2.40. The third kappa shape index (κ3) is 2.13. The van der Waals surface area contributed by atoms with Gasteiger partial charge in [-0.15, -0.1) is 0 Å². The number of fused-ring (bicyclic) bond motifs is 1. The summed E-state index contributed by atoms with van der Waals surface area (Å²) in [5.41, 5.74) is 5.07. The second-order valence-corrected chi connectivity index (χ2v) is 5.19. The molecule has 0 bridgehead atoms. The maximum atomic E-state index is 13.5. The molecule has 0 aliphatic heterocycles. The van der Waals surface area contributed by atoms with Crippen LogP contribution >= 0.6 is 0 Å². The largest absolute Gasteiger partial charge is 0.462 e. The van der Waals surface area contributed by atoms with Gasteiger partial charge in [0.25, 0.3) is 0 Å². The molecule has 1 aliphatic rings. The highest BCUT2D eigenvalue weighted by Crippen LogP contribution is 2.39. The van der Waals surface area contributed by atoms with E-state index in [9.17, 15) is 18.4 Å². The first kappa shape index (κ1) is 14.5. The molecule has 1 saturated carbocycles. The Morgan fingerprint density at radius 2 is 2.00 bits per heavy atom. The molecule has 3 rings (SSSR count). The Labute approximate surface area is 124 Å². The van der Waals surface area contributed by atoms with Crippen LogP contribution in [0.2, 0.25) is 0 Å². The first-order valence-electron chi connectivity index (χ1n) is 6.95. The van der Waals surface area contributed by atoms with Crippen LogP contribution in [0.1, 0.15) is 36.2 Å². The quantitative estimate of drug-likeness (QED) is 0.883. The van der Waals surface area contributed by atoms with Crippen LogP contribution in [0.15, 0.2) is 16.9 Å². The molecule has 116 valence electrons. The summed E-state index contributed by atoms with van der Waals surface area (Å²) in [4.78, 5) is 24.4. The Morgan fingerprint density at radius 3 is 2.59 bits per heavy atom. The van der Waals surface area contributed by atoms with Crippen molar-refractivity contribution in [3.8, 4) is 0 Å². The van der Waals surface area contributed by atoms with Crippen LogP contribution < -0.4 is 11.2 Å². The lowest BCUT2D eigenvalue weighted by Gasteiger charge is -2.16. The van der Waals surface area contributed by atoms with Crippen molar-refractivity contribution in [1.82, 2.24) is 4.57 Å². The summed E-state index contributed by atoms with van der Waals surface area (Å²) >= 11 is 0. The number of hydrogen-bond donors (Lipinski definition) is 1. The summed E-state index contributed by atoms with van der Waals surface area (Å²) < 4.78 is 33.4. The summed E-state index contributed by atoms with van der Waals surface area (Å²) in [6, 6.07) is 1.71. The van der Waals surface area contributed by atoms with Gasteiger partial charge in [0.15, 0.2) is 11.6 Å². The minimum absolute atomic E-state index is 0.0267. The van der Waals surface area contributed by atoms with Gasteiger partial charge >= 0.3 is 5.97 Å². The van der Waals surface area contributed by atoms with Crippen molar-refractivity contribution in [2.75, 3.05) is 12.3 Å². The molecule has 7 heteroatoms. The average Bonchev–Trinajstić information content (AvgIpc) is 3.26. The molecule has 5 nitrogen and oxygen atoms in total. The minimum Gasteiger partial charge on any atom is -0.462 e. The SMILES string of the molecule is CCOC(=O)c1c(N)n(C2CC2)c2cc(F)c(F)cc2c1=O. The zero-order valence-electron chi connectivity index (χ0n) is 11.9. The molecule has 1 aliphatic carbocycles. The van der Waals surface area contributed by atoms with Gasteiger partial charge in [0, 0.05) is 17.5 Å². The van der Waals surface area contributed by atoms with Crippen molar-refractivity contribution < 1.29 is 18.3 Å². The lowest BCUT2D eigenvalue weighted by Crippen LogP contribution is -2.25. The number of carbonyl (C=O) groups excluding carboxylic acids is 1. The van der Waals surface area contributed by atoms with Crippen LogP contribution in [0.4, 0.5) is 14.6 Å². The molecule has 1 aromatic heterocycles. The summed E-state index contributed by atoms with van der Waals surface area (Å²) in [7, 11) is 0. The average molecular weight is 308 g/mol. The zero-order chi connectivity index (χ0) is 16.0. The number of pyridine rings is 1. The van der Waals surface area contributed by atoms with E-state index in [1.54, 1.807) is 6.92 Å². The van der Waals surface area contributed by atoms with E-state index in [-0.39, 0.29) is 34.9 Å². The predicted octanol–water partition coefficient (Wildman–Crippen LogP) is 2.37. The van der Waals surface area contributed by atoms with Gasteiger partial charge in [0.1, 0.15) is 11.4 Å². The zero-order valence-corrected chi connectivity index (χ0v) is 11.9. The van der Waals surface area contributed by atoms with Gasteiger partial charge in [-0.25, -0.2) is 13.6 Å². The summed E-state index contributed by atoms with van der Waals surface area (Å²) in [6.07, 6.45) is 1.59. The van der Waals surface area contributed by atoms with Crippen LogP contribution in [0.3, 0.4) is 0 Å². The number of carbonyl (C=O) groups is 1. The molecule has 2 N–H and O–H groups in total. The fraction of sp³-hybridized carbons (Fsp3) is 0.333. The van der Waals surface area contributed by atoms with Gasteiger partial charge in [0.05, 0.1) is 12.1 Å². The maximum Gasteiger partial charge on any atom is 0.345 e. The third-order valence-electron chi connectivity index (χ3n) is 3.68. The highest BCUT2D eigenvalue weighted by molar-refractivity contribution is 5.99. The van der Waals surface area contributed by atoms with Crippen molar-refractivity contribution in [3.05, 3.63) is 39.6 Å². The van der Waals surface area contributed by atoms with Crippen LogP contribution in [0, 0.1) is 11.6 Å². The number of benzene rings is 1. The standard InChI is InChI=1S/C15H14F2N2O3/c1-2-22-15(21)12-13(20)8-5-9(16)10(17)6-11(8)19(14(12)18)7-3-4-7/h5-7H,2-4,18H2,1H3. The number of nitrogens with two attached hydrogens (primary N) is 1. The first-order chi connectivity index (χ1) is 10.5. The highest BCUT2D eigenvalue weighted by atomic mass is 19.2. The van der Waals surface area contributed by atoms with Crippen molar-refractivity contribution >= 4 is 22.7 Å². The van der Waals surface area contributed by atoms with Crippen LogP contribution in [0.25, 0.3) is 10.9 Å². The fourth-order valence-electron chi connectivity index (χ4n) is 2.55. The summed E-state index contributed by atoms with van der Waals surface area (Å²) in [6.45, 7) is 1.68. The van der Waals surface area contributed by atoms with Gasteiger partial charge < -0.3 is 15.0 Å². The molecule has 0 saturated heterocycles. The number of nitrogens with zero attached hydrogens (tertiary/aromatic N) is 1. The molecule has 1 fully saturated rings. The molecule has 22 heavy (non-hydrogen) atoms. The minimum atomic E-state index is -1.15. The molecule has 2 aromatic rings. The van der Waals surface area contributed by atoms with Gasteiger partial charge in [-0.3, -0.25) is 4.79 Å². The number of ether oxygens (including phenoxy) is 1. The van der Waals surface area contributed by atoms with E-state index >= 15 is 0 Å². The molecular weight excluding hydrogens is 294 g/mol. The second kappa shape index (κ2) is 5.08. The van der Waals surface area contributed by atoms with Crippen LogP contribution in [0.5, 0.6) is 0 Å². The molecule has 1 heterocycles. The summed E-state index contributed by atoms with van der Waals surface area (Å²) in [5.74, 6) is -3.13. The van der Waals surface area contributed by atoms with Crippen LogP contribution in [-0.4, -0.2) is 17.1 Å². The van der Waals surface area contributed by atoms with Gasteiger partial charge in [-0.1, -0.05) is 0 Å². The third-order valence-corrected chi connectivity index (χ3v) is 3.68. The fourth-order valence-corrected chi connectivity index (χ4v) is 2.55. The van der Waals surface area contributed by atoms with E-state index < -0.39 is 23.0 Å². The second-order valence-electron chi connectivity index (χ2n) is 5.19. The number of halogens is 2. The van der Waals surface area contributed by atoms with E-state index in [0.717, 1.165) is 25.0 Å². The number of hydrogen-bond acceptors (Lipinski definition) is 4. The van der Waals surface area contributed by atoms with Crippen LogP contribution in [-0.2, 0) is 4.74 Å². The monoisotopic (exact) mass is 308 g/mol. The molecule has 0 amide bonds. The van der Waals surface area contributed by atoms with E-state index in [4.69, 9.17) is 10.5 Å². The normalized spacial score (nSPS) is 14.3. The Morgan fingerprint density at radius 1 is 1.36 bits per heavy atom. The molecule has 0 spiro atoms. The van der Waals surface area contributed by atoms with Crippen molar-refractivity contribution in [2.45, 2.75) is 25.8 Å². The predicted molar refractivity (Wildman–Crippen MR) is 76.8 cm³/mol. The number of rotatable bonds is 3. The van der Waals surface area contributed by atoms with E-state index in [0.29, 0.717) is 0 Å². The summed E-state index contributed by atoms with van der Waals surface area (Å²) in [5, 5.41) is -0.0805. The first-order valence-corrected chi connectivity index (χ1v) is 6.95. The smallest absolute Gasteiger partial charge is 0.345 e. The van der Waals surface area contributed by atoms with Crippen molar-refractivity contribution in [2.24, 2.45) is 0 Å². The van der Waals surface area contributed by atoms with Crippen molar-refractivity contribution in [3.63, 3.8) is 0 Å². The maximum absolute atomic E-state index is 13.5. The van der Waals surface area contributed by atoms with Gasteiger partial charge in [-0.2, -0.15) is 0 Å². The van der Waals surface area contributed by atoms with Gasteiger partial charge in [-0.05, 0) is 25.8 Å². The number of esters is 1. The molecular formula is C15H14F2N2O3. The molecule has 1 aromatic carbocycles. The lowest BCUT2D eigenvalue weighted by atomic mass is 10.1.